The van der Waals surface area contributed by atoms with Gasteiger partial charge in [-0.3, -0.25) is 4.79 Å². The fourth-order valence-corrected chi connectivity index (χ4v) is 4.61. The molecule has 5 aromatic rings. The Kier molecular flexibility index (Phi) is 4.65. The lowest BCUT2D eigenvalue weighted by atomic mass is 10.0. The number of aryl methyl sites for hydroxylation is 1. The number of carbonyl (C=O) groups excluding carboxylic acids is 1. The average Bonchev–Trinajstić information content (AvgIpc) is 3.38. The summed E-state index contributed by atoms with van der Waals surface area (Å²) in [4.78, 5) is 21.1. The Balaban J connectivity index is 1.63. The first-order valence-electron chi connectivity index (χ1n) is 9.70. The van der Waals surface area contributed by atoms with Gasteiger partial charge < -0.3 is 10.3 Å². The van der Waals surface area contributed by atoms with Gasteiger partial charge in [-0.25, -0.2) is 4.98 Å². The van der Waals surface area contributed by atoms with Crippen LogP contribution in [0.2, 0.25) is 0 Å². The summed E-state index contributed by atoms with van der Waals surface area (Å²) in [5, 5.41) is 3.94. The third-order valence-electron chi connectivity index (χ3n) is 5.10. The molecule has 4 nitrogen and oxygen atoms in total. The minimum absolute atomic E-state index is 0.142. The van der Waals surface area contributed by atoms with E-state index >= 15 is 0 Å². The van der Waals surface area contributed by atoms with Gasteiger partial charge in [-0.2, -0.15) is 0 Å². The van der Waals surface area contributed by atoms with Crippen LogP contribution in [-0.2, 0) is 0 Å². The molecule has 0 aliphatic rings. The Morgan fingerprint density at radius 3 is 2.47 bits per heavy atom. The number of fused-ring (bicyclic) bond motifs is 1. The van der Waals surface area contributed by atoms with Gasteiger partial charge in [0, 0.05) is 17.3 Å². The largest absolute Gasteiger partial charge is 0.347 e. The van der Waals surface area contributed by atoms with Gasteiger partial charge in [0.1, 0.15) is 10.8 Å². The average molecular weight is 410 g/mol. The van der Waals surface area contributed by atoms with Crippen molar-refractivity contribution in [2.75, 3.05) is 5.32 Å². The van der Waals surface area contributed by atoms with Gasteiger partial charge in [-0.05, 0) is 36.2 Å². The number of rotatable bonds is 4. The zero-order chi connectivity index (χ0) is 20.5. The summed E-state index contributed by atoms with van der Waals surface area (Å²) in [6.45, 7) is 1.94. The highest BCUT2D eigenvalue weighted by molar-refractivity contribution is 7.21. The molecule has 0 saturated heterocycles. The number of aromatic amines is 1. The topological polar surface area (TPSA) is 57.8 Å². The molecule has 30 heavy (non-hydrogen) atoms. The van der Waals surface area contributed by atoms with E-state index in [1.165, 1.54) is 0 Å². The maximum absolute atomic E-state index is 13.0. The fraction of sp³-hybridized carbons (Fsp3) is 0.0400. The quantitative estimate of drug-likeness (QED) is 0.355. The Morgan fingerprint density at radius 2 is 1.67 bits per heavy atom. The van der Waals surface area contributed by atoms with Gasteiger partial charge in [0.2, 0.25) is 0 Å². The van der Waals surface area contributed by atoms with E-state index in [2.05, 4.69) is 28.5 Å². The molecule has 2 heterocycles. The summed E-state index contributed by atoms with van der Waals surface area (Å²) in [7, 11) is 0. The molecular formula is C25H19N3OS. The van der Waals surface area contributed by atoms with E-state index in [0.29, 0.717) is 11.4 Å². The highest BCUT2D eigenvalue weighted by Crippen LogP contribution is 2.41. The molecule has 0 bridgehead atoms. The molecule has 5 rings (SSSR count). The van der Waals surface area contributed by atoms with Crippen LogP contribution in [0.25, 0.3) is 31.9 Å². The van der Waals surface area contributed by atoms with Crippen LogP contribution in [-0.4, -0.2) is 15.9 Å². The number of carbonyl (C=O) groups is 1. The first-order chi connectivity index (χ1) is 14.7. The molecule has 2 aromatic heterocycles. The number of anilines is 1. The molecular weight excluding hydrogens is 390 g/mol. The molecule has 3 aromatic carbocycles. The lowest BCUT2D eigenvalue weighted by Gasteiger charge is -2.09. The van der Waals surface area contributed by atoms with Crippen molar-refractivity contribution < 1.29 is 4.79 Å². The molecule has 0 atom stereocenters. The van der Waals surface area contributed by atoms with Crippen molar-refractivity contribution >= 4 is 33.3 Å². The zero-order valence-corrected chi connectivity index (χ0v) is 17.2. The Morgan fingerprint density at radius 1 is 0.933 bits per heavy atom. The Hall–Kier alpha value is -3.70. The number of benzene rings is 3. The summed E-state index contributed by atoms with van der Waals surface area (Å²) in [5.74, 6) is 0.512. The van der Waals surface area contributed by atoms with E-state index in [4.69, 9.17) is 4.98 Å². The summed E-state index contributed by atoms with van der Waals surface area (Å²) < 4.78 is 1.11. The maximum Gasteiger partial charge on any atom is 0.257 e. The number of aromatic nitrogens is 2. The predicted octanol–water partition coefficient (Wildman–Crippen LogP) is 6.52. The molecule has 0 aliphatic carbocycles. The number of H-pyrrole nitrogens is 1. The molecule has 0 radical (unpaired) electrons. The minimum atomic E-state index is -0.142. The third kappa shape index (κ3) is 3.29. The van der Waals surface area contributed by atoms with E-state index in [9.17, 15) is 4.79 Å². The summed E-state index contributed by atoms with van der Waals surface area (Å²) in [6.07, 6.45) is 1.93. The zero-order valence-electron chi connectivity index (χ0n) is 16.3. The molecule has 0 spiro atoms. The lowest BCUT2D eigenvalue weighted by molar-refractivity contribution is 0.102. The van der Waals surface area contributed by atoms with Crippen LogP contribution in [0.3, 0.4) is 0 Å². The van der Waals surface area contributed by atoms with Crippen LogP contribution in [0.1, 0.15) is 15.9 Å². The van der Waals surface area contributed by atoms with E-state index in [1.807, 2.05) is 73.8 Å². The van der Waals surface area contributed by atoms with E-state index in [1.54, 1.807) is 11.3 Å². The van der Waals surface area contributed by atoms with Crippen LogP contribution in [0.4, 0.5) is 5.82 Å². The third-order valence-corrected chi connectivity index (χ3v) is 6.15. The fourth-order valence-electron chi connectivity index (χ4n) is 3.58. The molecule has 5 heteroatoms. The van der Waals surface area contributed by atoms with Crippen LogP contribution in [0.15, 0.2) is 85.1 Å². The second kappa shape index (κ2) is 7.61. The number of nitrogens with zero attached hydrogens (tertiary/aromatic N) is 1. The monoisotopic (exact) mass is 409 g/mol. The van der Waals surface area contributed by atoms with Crippen molar-refractivity contribution in [3.8, 4) is 21.7 Å². The summed E-state index contributed by atoms with van der Waals surface area (Å²) >= 11 is 1.62. The number of hydrogen-bond acceptors (Lipinski definition) is 3. The number of para-hydroxylation sites is 1. The van der Waals surface area contributed by atoms with Crippen molar-refractivity contribution in [2.45, 2.75) is 6.92 Å². The van der Waals surface area contributed by atoms with Gasteiger partial charge in [0.25, 0.3) is 5.91 Å². The van der Waals surface area contributed by atoms with Crippen molar-refractivity contribution in [2.24, 2.45) is 0 Å². The standard InChI is InChI=1S/C25H19N3OS/c1-16-9-5-6-12-18(16)24(29)28-23-22(19(15-26-23)17-10-3-2-4-11-17)25-27-20-13-7-8-14-21(20)30-25/h2-15,26H,1H3,(H,28,29). The number of hydrogen-bond donors (Lipinski definition) is 2. The van der Waals surface area contributed by atoms with Crippen LogP contribution >= 0.6 is 11.3 Å². The second-order valence-corrected chi connectivity index (χ2v) is 8.10. The Labute approximate surface area is 178 Å². The smallest absolute Gasteiger partial charge is 0.257 e. The molecule has 2 N–H and O–H groups in total. The maximum atomic E-state index is 13.0. The highest BCUT2D eigenvalue weighted by atomic mass is 32.1. The van der Waals surface area contributed by atoms with E-state index in [0.717, 1.165) is 37.5 Å². The van der Waals surface area contributed by atoms with Crippen LogP contribution < -0.4 is 5.32 Å². The molecule has 0 saturated carbocycles. The first-order valence-corrected chi connectivity index (χ1v) is 10.5. The molecule has 0 unspecified atom stereocenters. The molecule has 0 aliphatic heterocycles. The lowest BCUT2D eigenvalue weighted by Crippen LogP contribution is -2.14. The van der Waals surface area contributed by atoms with E-state index < -0.39 is 0 Å². The number of nitrogens with one attached hydrogen (secondary N) is 2. The summed E-state index contributed by atoms with van der Waals surface area (Å²) in [5.41, 5.74) is 5.53. The van der Waals surface area contributed by atoms with Crippen LogP contribution in [0, 0.1) is 6.92 Å². The van der Waals surface area contributed by atoms with Crippen molar-refractivity contribution in [1.29, 1.82) is 0 Å². The van der Waals surface area contributed by atoms with Gasteiger partial charge in [-0.1, -0.05) is 60.7 Å². The SMILES string of the molecule is Cc1ccccc1C(=O)Nc1[nH]cc(-c2ccccc2)c1-c1nc2ccccc2s1. The van der Waals surface area contributed by atoms with Crippen molar-refractivity contribution in [3.05, 3.63) is 96.2 Å². The number of thiazole rings is 1. The molecule has 146 valence electrons. The minimum Gasteiger partial charge on any atom is -0.347 e. The van der Waals surface area contributed by atoms with E-state index in [-0.39, 0.29) is 5.91 Å². The predicted molar refractivity (Wildman–Crippen MR) is 124 cm³/mol. The molecule has 0 fully saturated rings. The Bertz CT molecular complexity index is 1320. The van der Waals surface area contributed by atoms with Gasteiger partial charge in [0.05, 0.1) is 15.8 Å². The van der Waals surface area contributed by atoms with Crippen LogP contribution in [0.5, 0.6) is 0 Å². The van der Waals surface area contributed by atoms with Gasteiger partial charge in [0.15, 0.2) is 0 Å². The second-order valence-electron chi connectivity index (χ2n) is 7.07. The molecule has 1 amide bonds. The van der Waals surface area contributed by atoms with Gasteiger partial charge in [-0.15, -0.1) is 11.3 Å². The summed E-state index contributed by atoms with van der Waals surface area (Å²) in [6, 6.07) is 25.8. The van der Waals surface area contributed by atoms with Crippen molar-refractivity contribution in [3.63, 3.8) is 0 Å². The van der Waals surface area contributed by atoms with Gasteiger partial charge >= 0.3 is 0 Å². The highest BCUT2D eigenvalue weighted by Gasteiger charge is 2.21. The first kappa shape index (κ1) is 18.3. The van der Waals surface area contributed by atoms with Crippen molar-refractivity contribution in [1.82, 2.24) is 9.97 Å². The normalized spacial score (nSPS) is 11.0. The number of amides is 1.